The molecule has 128 valence electrons. The maximum Gasteiger partial charge on any atom is 4.00 e. The van der Waals surface area contributed by atoms with Crippen molar-refractivity contribution in [2.75, 3.05) is 0 Å². The number of hydrogen-bond donors (Lipinski definition) is 0. The van der Waals surface area contributed by atoms with Crippen LogP contribution in [0.5, 0.6) is 0 Å². The molecular weight excluding hydrogens is 408 g/mol. The van der Waals surface area contributed by atoms with Crippen LogP contribution in [0.4, 0.5) is 0 Å². The Labute approximate surface area is 120 Å². The maximum absolute atomic E-state index is 8.55. The first-order valence-electron chi connectivity index (χ1n) is 2.92. The summed E-state index contributed by atoms with van der Waals surface area (Å²) in [6.45, 7) is 0. The van der Waals surface area contributed by atoms with Crippen LogP contribution in [0.3, 0.4) is 0 Å². The van der Waals surface area contributed by atoms with E-state index in [4.69, 9.17) is 77.0 Å². The van der Waals surface area contributed by atoms with Gasteiger partial charge in [-0.2, -0.15) is 31.3 Å². The third-order valence-corrected chi connectivity index (χ3v) is 0. The van der Waals surface area contributed by atoms with Crippen molar-refractivity contribution in [3.8, 4) is 0 Å². The Hall–Kier alpha value is 0.657. The van der Waals surface area contributed by atoms with Crippen molar-refractivity contribution in [2.24, 2.45) is 0 Å². The minimum absolute atomic E-state index is 0. The quantitative estimate of drug-likeness (QED) is 0.265. The molecule has 0 aliphatic heterocycles. The van der Waals surface area contributed by atoms with Gasteiger partial charge in [0.2, 0.25) is 0 Å². The summed E-state index contributed by atoms with van der Waals surface area (Å²) in [6, 6.07) is 0. The zero-order valence-corrected chi connectivity index (χ0v) is 13.4. The van der Waals surface area contributed by atoms with Gasteiger partial charge in [-0.1, -0.05) is 0 Å². The zero-order chi connectivity index (χ0) is 18.0. The molecule has 0 spiro atoms. The molecule has 0 heterocycles. The molecule has 0 saturated carbocycles. The van der Waals surface area contributed by atoms with Crippen molar-refractivity contribution < 1.29 is 77.0 Å². The van der Waals surface area contributed by atoms with E-state index in [2.05, 4.69) is 0 Å². The smallest absolute Gasteiger partial charge is 0.822 e. The van der Waals surface area contributed by atoms with Crippen LogP contribution in [0, 0.1) is 0 Å². The third-order valence-electron chi connectivity index (χ3n) is 0. The fourth-order valence-corrected chi connectivity index (χ4v) is 0. The van der Waals surface area contributed by atoms with Gasteiger partial charge in [0.15, 0.2) is 0 Å². The standard InChI is InChI=1S/4H3O4P.Si/c4*1-5(2,3)4;/h4*(H3,1,2,3,4);/q;;;;+4/p-12. The van der Waals surface area contributed by atoms with E-state index in [9.17, 15) is 0 Å². The van der Waals surface area contributed by atoms with Crippen LogP contribution in [0.1, 0.15) is 0 Å². The minimum Gasteiger partial charge on any atom is -0.822 e. The summed E-state index contributed by atoms with van der Waals surface area (Å²) >= 11 is 0. The van der Waals surface area contributed by atoms with Crippen LogP contribution in [0.15, 0.2) is 0 Å². The van der Waals surface area contributed by atoms with Gasteiger partial charge in [-0.15, -0.1) is 0 Å². The number of rotatable bonds is 0. The van der Waals surface area contributed by atoms with Crippen LogP contribution in [-0.4, -0.2) is 11.0 Å². The Morgan fingerprint density at radius 1 is 0.333 bits per heavy atom. The molecule has 0 N–H and O–H groups in total. The topological polar surface area (TPSA) is 345 Å². The molecule has 0 atom stereocenters. The van der Waals surface area contributed by atoms with E-state index >= 15 is 0 Å². The third kappa shape index (κ3) is 16700. The fraction of sp³-hybridized carbons (Fsp3) is 0. The van der Waals surface area contributed by atoms with Gasteiger partial charge in [0.25, 0.3) is 0 Å². The molecule has 16 nitrogen and oxygen atoms in total. The van der Waals surface area contributed by atoms with Crippen LogP contribution < -0.4 is 58.7 Å². The van der Waals surface area contributed by atoms with Crippen LogP contribution >= 0.6 is 31.3 Å². The monoisotopic (exact) mass is 408 g/mol. The van der Waals surface area contributed by atoms with Crippen molar-refractivity contribution in [3.05, 3.63) is 0 Å². The average molecular weight is 408 g/mol. The first kappa shape index (κ1) is 33.3. The molecule has 21 heteroatoms. The molecule has 0 aliphatic rings. The Bertz CT molecular complexity index is 285. The molecule has 0 amide bonds. The van der Waals surface area contributed by atoms with Gasteiger partial charge in [0, 0.05) is 0 Å². The number of phosphoric acid groups is 4. The second kappa shape index (κ2) is 13.1. The summed E-state index contributed by atoms with van der Waals surface area (Å²) in [7, 11) is -21.6. The summed E-state index contributed by atoms with van der Waals surface area (Å²) in [5, 5.41) is 0. The molecule has 0 radical (unpaired) electrons. The van der Waals surface area contributed by atoms with E-state index in [-0.39, 0.29) is 11.0 Å². The van der Waals surface area contributed by atoms with E-state index < -0.39 is 31.3 Å². The molecule has 0 fully saturated rings. The van der Waals surface area contributed by atoms with Gasteiger partial charge in [0.1, 0.15) is 0 Å². The molecule has 0 aromatic rings. The maximum atomic E-state index is 8.55. The van der Waals surface area contributed by atoms with Crippen molar-refractivity contribution in [1.82, 2.24) is 0 Å². The number of hydrogen-bond acceptors (Lipinski definition) is 16. The predicted molar refractivity (Wildman–Crippen MR) is 36.2 cm³/mol. The van der Waals surface area contributed by atoms with Crippen molar-refractivity contribution in [1.29, 1.82) is 0 Å². The Kier molecular flexibility index (Phi) is 20.8. The van der Waals surface area contributed by atoms with Crippen LogP contribution in [0.2, 0.25) is 0 Å². The van der Waals surface area contributed by atoms with Crippen molar-refractivity contribution in [3.63, 3.8) is 0 Å². The average Bonchev–Trinajstić information content (AvgIpc) is 1.62. The molecule has 0 aliphatic carbocycles. The Morgan fingerprint density at radius 3 is 0.333 bits per heavy atom. The van der Waals surface area contributed by atoms with E-state index in [1.54, 1.807) is 0 Å². The molecule has 21 heavy (non-hydrogen) atoms. The molecule has 0 rings (SSSR count). The van der Waals surface area contributed by atoms with E-state index in [0.29, 0.717) is 0 Å². The summed E-state index contributed by atoms with van der Waals surface area (Å²) in [4.78, 5) is 103. The summed E-state index contributed by atoms with van der Waals surface area (Å²) < 4.78 is 34.2. The minimum atomic E-state index is -5.39. The largest absolute Gasteiger partial charge is 4.00 e. The second-order valence-electron chi connectivity index (χ2n) is 1.79. The van der Waals surface area contributed by atoms with Gasteiger partial charge in [0.05, 0.1) is 0 Å². The molecule has 0 saturated heterocycles. The molecule has 0 bridgehead atoms. The van der Waals surface area contributed by atoms with E-state index in [1.807, 2.05) is 0 Å². The molecule has 0 aromatic carbocycles. The summed E-state index contributed by atoms with van der Waals surface area (Å²) in [5.74, 6) is 0. The first-order chi connectivity index (χ1) is 8.00. The molecular formula is O16P4Si-8. The molecule has 0 unspecified atom stereocenters. The second-order valence-corrected chi connectivity index (χ2v) is 5.37. The van der Waals surface area contributed by atoms with E-state index in [0.717, 1.165) is 0 Å². The van der Waals surface area contributed by atoms with Gasteiger partial charge in [-0.3, -0.25) is 0 Å². The van der Waals surface area contributed by atoms with Gasteiger partial charge >= 0.3 is 11.0 Å². The van der Waals surface area contributed by atoms with Gasteiger partial charge in [-0.05, 0) is 0 Å². The fourth-order valence-electron chi connectivity index (χ4n) is 0. The van der Waals surface area contributed by atoms with Gasteiger partial charge in [-0.25, -0.2) is 0 Å². The normalized spacial score (nSPS) is 11.2. The Balaban J connectivity index is -0.0000000533. The molecule has 0 aromatic heterocycles. The van der Waals surface area contributed by atoms with Crippen molar-refractivity contribution in [2.45, 2.75) is 0 Å². The SMILES string of the molecule is O=P([O-])([O-])[O-].O=P([O-])([O-])[O-].O=P([O-])([O-])[O-].O=P([O-])([O-])[O-].[Si+4]. The van der Waals surface area contributed by atoms with E-state index in [1.165, 1.54) is 0 Å². The van der Waals surface area contributed by atoms with Crippen LogP contribution in [-0.2, 0) is 18.3 Å². The Morgan fingerprint density at radius 2 is 0.333 bits per heavy atom. The van der Waals surface area contributed by atoms with Crippen molar-refractivity contribution >= 4 is 42.3 Å². The zero-order valence-electron chi connectivity index (χ0n) is 8.82. The first-order valence-corrected chi connectivity index (χ1v) is 8.76. The summed E-state index contributed by atoms with van der Waals surface area (Å²) in [6.07, 6.45) is 0. The predicted octanol–water partition coefficient (Wildman–Crippen LogP) is -11.7. The van der Waals surface area contributed by atoms with Gasteiger partial charge < -0.3 is 77.0 Å². The summed E-state index contributed by atoms with van der Waals surface area (Å²) in [5.41, 5.74) is 0. The van der Waals surface area contributed by atoms with Crippen LogP contribution in [0.25, 0.3) is 0 Å².